The Morgan fingerprint density at radius 1 is 1.53 bits per heavy atom. The largest absolute Gasteiger partial charge is 0.463 e. The second kappa shape index (κ2) is 4.18. The SMILES string of the molecule is CC(=O)OC[C@H](O)C1OC(=O)C(=O)C1=O. The number of carbonyl (C=O) groups is 4. The molecule has 0 radical (unpaired) electrons. The van der Waals surface area contributed by atoms with Crippen molar-refractivity contribution in [3.8, 4) is 0 Å². The number of aliphatic hydroxyl groups is 1. The van der Waals surface area contributed by atoms with Gasteiger partial charge in [0.2, 0.25) is 0 Å². The summed E-state index contributed by atoms with van der Waals surface area (Å²) < 4.78 is 8.69. The molecule has 1 aliphatic rings. The van der Waals surface area contributed by atoms with Crippen LogP contribution in [-0.2, 0) is 28.7 Å². The molecular formula is C8H8O7. The minimum Gasteiger partial charge on any atom is -0.463 e. The number of esters is 2. The molecule has 0 aromatic carbocycles. The molecule has 1 aliphatic heterocycles. The lowest BCUT2D eigenvalue weighted by atomic mass is 10.1. The maximum atomic E-state index is 11.0. The Kier molecular flexibility index (Phi) is 3.15. The topological polar surface area (TPSA) is 107 Å². The van der Waals surface area contributed by atoms with Crippen molar-refractivity contribution in [3.63, 3.8) is 0 Å². The van der Waals surface area contributed by atoms with Gasteiger partial charge in [0, 0.05) is 6.92 Å². The smallest absolute Gasteiger partial charge is 0.383 e. The van der Waals surface area contributed by atoms with Crippen LogP contribution in [-0.4, -0.2) is 47.4 Å². The fourth-order valence-electron chi connectivity index (χ4n) is 0.996. The lowest BCUT2D eigenvalue weighted by Gasteiger charge is -2.14. The number of hydrogen-bond acceptors (Lipinski definition) is 7. The summed E-state index contributed by atoms with van der Waals surface area (Å²) in [6, 6.07) is 0. The number of ether oxygens (including phenoxy) is 2. The van der Waals surface area contributed by atoms with Crippen LogP contribution >= 0.6 is 0 Å². The summed E-state index contributed by atoms with van der Waals surface area (Å²) in [5, 5.41) is 9.28. The zero-order chi connectivity index (χ0) is 11.6. The molecule has 15 heavy (non-hydrogen) atoms. The molecule has 1 heterocycles. The van der Waals surface area contributed by atoms with Crippen molar-refractivity contribution in [2.75, 3.05) is 6.61 Å². The average molecular weight is 216 g/mol. The molecule has 7 nitrogen and oxygen atoms in total. The van der Waals surface area contributed by atoms with Crippen molar-refractivity contribution in [2.45, 2.75) is 19.1 Å². The molecule has 1 rings (SSSR count). The summed E-state index contributed by atoms with van der Waals surface area (Å²) in [6.07, 6.45) is -3.08. The van der Waals surface area contributed by atoms with Crippen molar-refractivity contribution < 1.29 is 33.8 Å². The Morgan fingerprint density at radius 2 is 2.13 bits per heavy atom. The molecule has 0 spiro atoms. The molecule has 1 unspecified atom stereocenters. The van der Waals surface area contributed by atoms with Gasteiger partial charge in [-0.05, 0) is 0 Å². The highest BCUT2D eigenvalue weighted by molar-refractivity contribution is 6.65. The molecule has 82 valence electrons. The van der Waals surface area contributed by atoms with Gasteiger partial charge in [-0.15, -0.1) is 0 Å². The van der Waals surface area contributed by atoms with Crippen LogP contribution in [0.5, 0.6) is 0 Å². The third kappa shape index (κ3) is 2.38. The van der Waals surface area contributed by atoms with Crippen LogP contribution in [0.25, 0.3) is 0 Å². The predicted octanol–water partition coefficient (Wildman–Crippen LogP) is -2.03. The number of rotatable bonds is 3. The third-order valence-corrected chi connectivity index (χ3v) is 1.71. The zero-order valence-electron chi connectivity index (χ0n) is 7.76. The molecule has 0 bridgehead atoms. The van der Waals surface area contributed by atoms with E-state index in [1.807, 2.05) is 0 Å². The summed E-state index contributed by atoms with van der Waals surface area (Å²) in [6.45, 7) is 0.604. The first-order chi connectivity index (χ1) is 6.93. The summed E-state index contributed by atoms with van der Waals surface area (Å²) >= 11 is 0. The molecule has 0 amide bonds. The van der Waals surface area contributed by atoms with Gasteiger partial charge < -0.3 is 14.6 Å². The first-order valence-electron chi connectivity index (χ1n) is 4.04. The van der Waals surface area contributed by atoms with Gasteiger partial charge in [0.1, 0.15) is 12.7 Å². The number of hydrogen-bond donors (Lipinski definition) is 1. The average Bonchev–Trinajstić information content (AvgIpc) is 2.42. The molecule has 1 N–H and O–H groups in total. The summed E-state index contributed by atoms with van der Waals surface area (Å²) in [7, 11) is 0. The molecule has 0 aromatic heterocycles. The van der Waals surface area contributed by atoms with Gasteiger partial charge in [-0.1, -0.05) is 0 Å². The second-order valence-corrected chi connectivity index (χ2v) is 2.89. The Bertz CT molecular complexity index is 332. The standard InChI is InChI=1S/C8H8O7/c1-3(9)14-2-4(10)7-5(11)6(12)8(13)15-7/h4,7,10H,2H2,1H3/t4-,7?/m0/s1. The maximum absolute atomic E-state index is 11.0. The molecule has 0 saturated carbocycles. The Labute approximate surface area is 84.0 Å². The monoisotopic (exact) mass is 216 g/mol. The van der Waals surface area contributed by atoms with E-state index in [0.717, 1.165) is 6.92 Å². The van der Waals surface area contributed by atoms with Crippen molar-refractivity contribution in [1.82, 2.24) is 0 Å². The zero-order valence-corrected chi connectivity index (χ0v) is 7.76. The maximum Gasteiger partial charge on any atom is 0.383 e. The molecule has 7 heteroatoms. The molecular weight excluding hydrogens is 208 g/mol. The molecule has 0 aliphatic carbocycles. The highest BCUT2D eigenvalue weighted by Crippen LogP contribution is 2.11. The van der Waals surface area contributed by atoms with Gasteiger partial charge in [-0.25, -0.2) is 4.79 Å². The number of carbonyl (C=O) groups excluding carboxylic acids is 4. The quantitative estimate of drug-likeness (QED) is 0.428. The van der Waals surface area contributed by atoms with E-state index in [1.165, 1.54) is 0 Å². The molecule has 2 atom stereocenters. The van der Waals surface area contributed by atoms with E-state index in [-0.39, 0.29) is 0 Å². The van der Waals surface area contributed by atoms with Gasteiger partial charge in [0.25, 0.3) is 5.78 Å². The van der Waals surface area contributed by atoms with Crippen LogP contribution in [0.1, 0.15) is 6.92 Å². The van der Waals surface area contributed by atoms with Gasteiger partial charge in [-0.3, -0.25) is 14.4 Å². The highest BCUT2D eigenvalue weighted by atomic mass is 16.6. The second-order valence-electron chi connectivity index (χ2n) is 2.89. The Hall–Kier alpha value is -1.76. The summed E-state index contributed by atoms with van der Waals surface area (Å²) in [5.74, 6) is -4.38. The fourth-order valence-corrected chi connectivity index (χ4v) is 0.996. The van der Waals surface area contributed by atoms with E-state index >= 15 is 0 Å². The lowest BCUT2D eigenvalue weighted by Crippen LogP contribution is -2.36. The molecule has 1 fully saturated rings. The minimum atomic E-state index is -1.57. The number of cyclic esters (lactones) is 1. The van der Waals surface area contributed by atoms with E-state index in [4.69, 9.17) is 0 Å². The molecule has 1 saturated heterocycles. The van der Waals surface area contributed by atoms with E-state index < -0.39 is 42.3 Å². The highest BCUT2D eigenvalue weighted by Gasteiger charge is 2.46. The van der Waals surface area contributed by atoms with Crippen LogP contribution in [0.4, 0.5) is 0 Å². The number of aliphatic hydroxyl groups excluding tert-OH is 1. The van der Waals surface area contributed by atoms with Crippen molar-refractivity contribution in [2.24, 2.45) is 0 Å². The first-order valence-corrected chi connectivity index (χ1v) is 4.04. The van der Waals surface area contributed by atoms with Crippen molar-refractivity contribution in [3.05, 3.63) is 0 Å². The van der Waals surface area contributed by atoms with Crippen molar-refractivity contribution in [1.29, 1.82) is 0 Å². The normalized spacial score (nSPS) is 22.5. The first kappa shape index (κ1) is 11.3. The van der Waals surface area contributed by atoms with Crippen LogP contribution in [0, 0.1) is 0 Å². The lowest BCUT2D eigenvalue weighted by molar-refractivity contribution is -0.155. The Balaban J connectivity index is 2.58. The number of ketones is 2. The van der Waals surface area contributed by atoms with E-state index in [2.05, 4.69) is 9.47 Å². The third-order valence-electron chi connectivity index (χ3n) is 1.71. The van der Waals surface area contributed by atoms with Crippen molar-refractivity contribution >= 4 is 23.5 Å². The number of Topliss-reactive ketones (excluding diaryl/α,β-unsaturated/α-hetero) is 2. The summed E-state index contributed by atoms with van der Waals surface area (Å²) in [4.78, 5) is 42.7. The van der Waals surface area contributed by atoms with Gasteiger partial charge in [0.15, 0.2) is 6.10 Å². The van der Waals surface area contributed by atoms with Crippen LogP contribution in [0.2, 0.25) is 0 Å². The van der Waals surface area contributed by atoms with Crippen LogP contribution < -0.4 is 0 Å². The summed E-state index contributed by atoms with van der Waals surface area (Å²) in [5.41, 5.74) is 0. The van der Waals surface area contributed by atoms with E-state index in [0.29, 0.717) is 0 Å². The van der Waals surface area contributed by atoms with Gasteiger partial charge >= 0.3 is 17.7 Å². The van der Waals surface area contributed by atoms with Crippen LogP contribution in [0.3, 0.4) is 0 Å². The van der Waals surface area contributed by atoms with Gasteiger partial charge in [0.05, 0.1) is 0 Å². The molecule has 0 aromatic rings. The minimum absolute atomic E-state index is 0.508. The van der Waals surface area contributed by atoms with Gasteiger partial charge in [-0.2, -0.15) is 0 Å². The van der Waals surface area contributed by atoms with E-state index in [9.17, 15) is 24.3 Å². The fraction of sp³-hybridized carbons (Fsp3) is 0.500. The Morgan fingerprint density at radius 3 is 2.53 bits per heavy atom. The predicted molar refractivity (Wildman–Crippen MR) is 42.5 cm³/mol. The van der Waals surface area contributed by atoms with Crippen LogP contribution in [0.15, 0.2) is 0 Å². The van der Waals surface area contributed by atoms with E-state index in [1.54, 1.807) is 0 Å².